The van der Waals surface area contributed by atoms with Crippen molar-refractivity contribution in [1.82, 2.24) is 4.98 Å². The summed E-state index contributed by atoms with van der Waals surface area (Å²) < 4.78 is 0.954. The molecule has 0 aliphatic carbocycles. The van der Waals surface area contributed by atoms with Gasteiger partial charge in [-0.05, 0) is 24.1 Å². The Hall–Kier alpha value is -1.53. The van der Waals surface area contributed by atoms with Crippen LogP contribution in [0.5, 0.6) is 0 Å². The van der Waals surface area contributed by atoms with Crippen molar-refractivity contribution in [3.8, 4) is 0 Å². The Morgan fingerprint density at radius 2 is 2.37 bits per heavy atom. The zero-order valence-corrected chi connectivity index (χ0v) is 12.2. The van der Waals surface area contributed by atoms with Gasteiger partial charge >= 0.3 is 0 Å². The molecule has 0 saturated carbocycles. The van der Waals surface area contributed by atoms with Gasteiger partial charge in [-0.3, -0.25) is 4.79 Å². The molecule has 100 valence electrons. The van der Waals surface area contributed by atoms with Crippen LogP contribution in [0, 0.1) is 0 Å². The number of hydrogen-bond donors (Lipinski definition) is 2. The second-order valence-corrected chi connectivity index (χ2v) is 6.25. The zero-order chi connectivity index (χ0) is 13.7. The van der Waals surface area contributed by atoms with Gasteiger partial charge in [0, 0.05) is 5.69 Å². The summed E-state index contributed by atoms with van der Waals surface area (Å²) in [7, 11) is 0. The summed E-state index contributed by atoms with van der Waals surface area (Å²) in [6.07, 6.45) is 2.65. The van der Waals surface area contributed by atoms with E-state index >= 15 is 0 Å². The molecule has 19 heavy (non-hydrogen) atoms. The van der Waals surface area contributed by atoms with Crippen LogP contribution in [-0.2, 0) is 11.2 Å². The third-order valence-corrected chi connectivity index (χ3v) is 4.49. The van der Waals surface area contributed by atoms with Crippen molar-refractivity contribution in [1.29, 1.82) is 0 Å². The van der Waals surface area contributed by atoms with Crippen molar-refractivity contribution in [2.24, 2.45) is 0 Å². The van der Waals surface area contributed by atoms with E-state index in [4.69, 9.17) is 5.73 Å². The highest BCUT2D eigenvalue weighted by Gasteiger charge is 2.06. The summed E-state index contributed by atoms with van der Waals surface area (Å²) in [5, 5.41) is 3.41. The quantitative estimate of drug-likeness (QED) is 0.832. The van der Waals surface area contributed by atoms with Gasteiger partial charge in [-0.15, -0.1) is 11.8 Å². The predicted molar refractivity (Wildman–Crippen MR) is 81.7 cm³/mol. The van der Waals surface area contributed by atoms with Crippen molar-refractivity contribution in [3.05, 3.63) is 36.0 Å². The first-order valence-corrected chi connectivity index (χ1v) is 7.70. The number of aromatic nitrogens is 1. The highest BCUT2D eigenvalue weighted by molar-refractivity contribution is 8.01. The molecule has 1 aromatic carbocycles. The van der Waals surface area contributed by atoms with E-state index in [1.165, 1.54) is 28.7 Å². The average Bonchev–Trinajstić information content (AvgIpc) is 2.82. The Labute approximate surface area is 120 Å². The summed E-state index contributed by atoms with van der Waals surface area (Å²) in [4.78, 5) is 15.8. The molecular formula is C13H15N3OS2. The normalized spacial score (nSPS) is 10.4. The summed E-state index contributed by atoms with van der Waals surface area (Å²) in [6, 6.07) is 7.88. The first kappa shape index (κ1) is 13.9. The Morgan fingerprint density at radius 3 is 3.05 bits per heavy atom. The Balaban J connectivity index is 1.86. The summed E-state index contributed by atoms with van der Waals surface area (Å²) >= 11 is 2.83. The van der Waals surface area contributed by atoms with Crippen molar-refractivity contribution in [3.63, 3.8) is 0 Å². The zero-order valence-electron chi connectivity index (χ0n) is 10.6. The first-order chi connectivity index (χ1) is 9.17. The number of carbonyl (C=O) groups excluding carboxylic acids is 1. The molecule has 1 amide bonds. The summed E-state index contributed by atoms with van der Waals surface area (Å²) in [6.45, 7) is 2.09. The van der Waals surface area contributed by atoms with Gasteiger partial charge in [0.05, 0.1) is 16.2 Å². The lowest BCUT2D eigenvalue weighted by Gasteiger charge is -2.05. The van der Waals surface area contributed by atoms with Gasteiger partial charge in [-0.2, -0.15) is 0 Å². The third kappa shape index (κ3) is 4.25. The molecule has 3 N–H and O–H groups in total. The number of nitrogens with zero attached hydrogens (tertiary/aromatic N) is 1. The van der Waals surface area contributed by atoms with Gasteiger partial charge in [-0.1, -0.05) is 30.4 Å². The molecule has 0 fully saturated rings. The number of benzene rings is 1. The molecule has 2 rings (SSSR count). The summed E-state index contributed by atoms with van der Waals surface area (Å²) in [5.41, 5.74) is 7.58. The van der Waals surface area contributed by atoms with E-state index in [0.29, 0.717) is 10.9 Å². The average molecular weight is 293 g/mol. The molecule has 4 nitrogen and oxygen atoms in total. The highest BCUT2D eigenvalue weighted by Crippen LogP contribution is 2.26. The Morgan fingerprint density at radius 1 is 1.53 bits per heavy atom. The van der Waals surface area contributed by atoms with Gasteiger partial charge in [0.25, 0.3) is 0 Å². The smallest absolute Gasteiger partial charge is 0.234 e. The lowest BCUT2D eigenvalue weighted by molar-refractivity contribution is -0.113. The molecular weight excluding hydrogens is 278 g/mol. The van der Waals surface area contributed by atoms with Gasteiger partial charge in [0.1, 0.15) is 0 Å². The maximum absolute atomic E-state index is 11.8. The second-order valence-electron chi connectivity index (χ2n) is 3.91. The molecule has 2 aromatic rings. The number of aryl methyl sites for hydroxylation is 1. The largest absolute Gasteiger partial charge is 0.375 e. The second kappa shape index (κ2) is 6.58. The standard InChI is InChI=1S/C13H15N3OS2/c1-2-9-4-3-5-10(6-9)16-11(17)8-18-12-7-15-13(14)19-12/h3-7H,2,8H2,1H3,(H2,14,15)(H,16,17). The number of nitrogens with one attached hydrogen (secondary N) is 1. The molecule has 0 spiro atoms. The minimum absolute atomic E-state index is 0.0229. The van der Waals surface area contributed by atoms with E-state index in [1.807, 2.05) is 24.3 Å². The van der Waals surface area contributed by atoms with E-state index in [9.17, 15) is 4.79 Å². The SMILES string of the molecule is CCc1cccc(NC(=O)CSc2cnc(N)s2)c1. The lowest BCUT2D eigenvalue weighted by Crippen LogP contribution is -2.13. The van der Waals surface area contributed by atoms with E-state index in [0.717, 1.165) is 16.3 Å². The van der Waals surface area contributed by atoms with Crippen molar-refractivity contribution >= 4 is 39.8 Å². The van der Waals surface area contributed by atoms with Crippen LogP contribution in [0.2, 0.25) is 0 Å². The van der Waals surface area contributed by atoms with Crippen LogP contribution < -0.4 is 11.1 Å². The number of rotatable bonds is 5. The predicted octanol–water partition coefficient (Wildman–Crippen LogP) is 3.02. The van der Waals surface area contributed by atoms with Crippen LogP contribution in [0.25, 0.3) is 0 Å². The molecule has 0 radical (unpaired) electrons. The fraction of sp³-hybridized carbons (Fsp3) is 0.231. The maximum atomic E-state index is 11.8. The van der Waals surface area contributed by atoms with Crippen molar-refractivity contribution in [2.45, 2.75) is 17.6 Å². The van der Waals surface area contributed by atoms with E-state index in [-0.39, 0.29) is 5.91 Å². The lowest BCUT2D eigenvalue weighted by atomic mass is 10.1. The topological polar surface area (TPSA) is 68.0 Å². The van der Waals surface area contributed by atoms with E-state index in [1.54, 1.807) is 6.20 Å². The number of nitrogen functional groups attached to an aromatic ring is 1. The molecule has 6 heteroatoms. The van der Waals surface area contributed by atoms with Crippen LogP contribution in [0.1, 0.15) is 12.5 Å². The minimum Gasteiger partial charge on any atom is -0.375 e. The van der Waals surface area contributed by atoms with Gasteiger partial charge in [-0.25, -0.2) is 4.98 Å². The number of amides is 1. The molecule has 0 aliphatic rings. The number of carbonyl (C=O) groups is 1. The molecule has 0 saturated heterocycles. The van der Waals surface area contributed by atoms with Crippen molar-refractivity contribution < 1.29 is 4.79 Å². The molecule has 0 aliphatic heterocycles. The number of hydrogen-bond acceptors (Lipinski definition) is 5. The number of thiazole rings is 1. The molecule has 0 unspecified atom stereocenters. The van der Waals surface area contributed by atoms with Crippen LogP contribution in [0.4, 0.5) is 10.8 Å². The van der Waals surface area contributed by atoms with Gasteiger partial charge in [0.2, 0.25) is 5.91 Å². The monoisotopic (exact) mass is 293 g/mol. The number of anilines is 2. The van der Waals surface area contributed by atoms with Gasteiger partial charge in [0.15, 0.2) is 5.13 Å². The minimum atomic E-state index is -0.0229. The van der Waals surface area contributed by atoms with E-state index < -0.39 is 0 Å². The van der Waals surface area contributed by atoms with Crippen molar-refractivity contribution in [2.75, 3.05) is 16.8 Å². The van der Waals surface area contributed by atoms with Gasteiger partial charge < -0.3 is 11.1 Å². The third-order valence-electron chi connectivity index (χ3n) is 2.47. The molecule has 0 bridgehead atoms. The fourth-order valence-electron chi connectivity index (χ4n) is 1.54. The number of thioether (sulfide) groups is 1. The molecule has 1 aromatic heterocycles. The summed E-state index contributed by atoms with van der Waals surface area (Å²) in [5.74, 6) is 0.336. The van der Waals surface area contributed by atoms with Crippen LogP contribution in [-0.4, -0.2) is 16.6 Å². The van der Waals surface area contributed by atoms with E-state index in [2.05, 4.69) is 17.2 Å². The highest BCUT2D eigenvalue weighted by atomic mass is 32.2. The Bertz CT molecular complexity index is 569. The first-order valence-electron chi connectivity index (χ1n) is 5.90. The van der Waals surface area contributed by atoms with Crippen LogP contribution >= 0.6 is 23.1 Å². The molecule has 0 atom stereocenters. The van der Waals surface area contributed by atoms with Crippen LogP contribution in [0.3, 0.4) is 0 Å². The molecule has 1 heterocycles. The fourth-order valence-corrected chi connectivity index (χ4v) is 3.10. The Kier molecular flexibility index (Phi) is 4.81. The van der Waals surface area contributed by atoms with Crippen LogP contribution in [0.15, 0.2) is 34.7 Å². The number of nitrogens with two attached hydrogens (primary N) is 1. The maximum Gasteiger partial charge on any atom is 0.234 e.